The Labute approximate surface area is 195 Å². The number of rotatable bonds is 10. The van der Waals surface area contributed by atoms with Gasteiger partial charge in [0.15, 0.2) is 11.5 Å². The number of carbonyl (C=O) groups excluding carboxylic acids is 1. The maximum Gasteiger partial charge on any atom is 0.237 e. The molecule has 0 bridgehead atoms. The molecular formula is C25H34N2O4S. The van der Waals surface area contributed by atoms with Gasteiger partial charge in [0.25, 0.3) is 0 Å². The minimum Gasteiger partial charge on any atom is -0.493 e. The number of amides is 1. The third-order valence-corrected chi connectivity index (χ3v) is 7.15. The van der Waals surface area contributed by atoms with Crippen molar-refractivity contribution >= 4 is 17.2 Å². The zero-order valence-corrected chi connectivity index (χ0v) is 20.2. The van der Waals surface area contributed by atoms with E-state index in [4.69, 9.17) is 9.47 Å². The Hall–Kier alpha value is -2.35. The summed E-state index contributed by atoms with van der Waals surface area (Å²) in [6, 6.07) is 9.26. The molecule has 6 nitrogen and oxygen atoms in total. The van der Waals surface area contributed by atoms with E-state index in [1.807, 2.05) is 41.0 Å². The van der Waals surface area contributed by atoms with E-state index >= 15 is 0 Å². The van der Waals surface area contributed by atoms with Crippen LogP contribution in [0.25, 0.3) is 0 Å². The van der Waals surface area contributed by atoms with Crippen molar-refractivity contribution in [1.29, 1.82) is 0 Å². The first-order chi connectivity index (χ1) is 15.3. The number of hydrogen-bond donors (Lipinski definition) is 1. The van der Waals surface area contributed by atoms with E-state index < -0.39 is 5.60 Å². The molecule has 2 atom stereocenters. The molecule has 0 radical (unpaired) electrons. The minimum atomic E-state index is -0.932. The van der Waals surface area contributed by atoms with Gasteiger partial charge >= 0.3 is 0 Å². The van der Waals surface area contributed by atoms with Crippen LogP contribution in [0.4, 0.5) is 0 Å². The van der Waals surface area contributed by atoms with Crippen molar-refractivity contribution in [3.63, 3.8) is 0 Å². The molecule has 0 aliphatic carbocycles. The van der Waals surface area contributed by atoms with E-state index in [1.54, 1.807) is 38.4 Å². The second-order valence-electron chi connectivity index (χ2n) is 8.66. The number of ether oxygens (including phenoxy) is 2. The fourth-order valence-corrected chi connectivity index (χ4v) is 4.95. The molecule has 1 aliphatic heterocycles. The van der Waals surface area contributed by atoms with Crippen LogP contribution in [0.15, 0.2) is 48.4 Å². The Morgan fingerprint density at radius 3 is 2.75 bits per heavy atom. The van der Waals surface area contributed by atoms with Crippen LogP contribution in [0, 0.1) is 0 Å². The molecule has 1 aliphatic rings. The summed E-state index contributed by atoms with van der Waals surface area (Å²) in [7, 11) is 1.62. The maximum absolute atomic E-state index is 13.5. The predicted octanol–water partition coefficient (Wildman–Crippen LogP) is 3.91. The van der Waals surface area contributed by atoms with Gasteiger partial charge in [-0.25, -0.2) is 0 Å². The van der Waals surface area contributed by atoms with Crippen molar-refractivity contribution in [3.05, 3.63) is 58.8 Å². The van der Waals surface area contributed by atoms with E-state index in [0.29, 0.717) is 31.2 Å². The Kier molecular flexibility index (Phi) is 7.98. The molecule has 32 heavy (non-hydrogen) atoms. The first kappa shape index (κ1) is 24.3. The molecule has 2 heterocycles. The van der Waals surface area contributed by atoms with Crippen LogP contribution in [0.3, 0.4) is 0 Å². The highest BCUT2D eigenvalue weighted by atomic mass is 32.1. The maximum atomic E-state index is 13.5. The average Bonchev–Trinajstić information content (AvgIpc) is 3.25. The zero-order chi connectivity index (χ0) is 23.3. The van der Waals surface area contributed by atoms with E-state index in [0.717, 1.165) is 12.0 Å². The number of methoxy groups -OCH3 is 1. The summed E-state index contributed by atoms with van der Waals surface area (Å²) >= 11 is 1.73. The molecule has 0 saturated heterocycles. The lowest BCUT2D eigenvalue weighted by molar-refractivity contribution is -0.137. The lowest BCUT2D eigenvalue weighted by atomic mass is 9.98. The quantitative estimate of drug-likeness (QED) is 0.547. The lowest BCUT2D eigenvalue weighted by Gasteiger charge is -2.40. The molecule has 3 rings (SSSR count). The molecule has 2 aromatic rings. The second kappa shape index (κ2) is 10.5. The van der Waals surface area contributed by atoms with E-state index in [-0.39, 0.29) is 24.5 Å². The van der Waals surface area contributed by atoms with Crippen molar-refractivity contribution < 1.29 is 19.4 Å². The van der Waals surface area contributed by atoms with Gasteiger partial charge in [0.05, 0.1) is 25.3 Å². The normalized spacial score (nSPS) is 17.1. The van der Waals surface area contributed by atoms with Crippen LogP contribution in [-0.4, -0.2) is 65.8 Å². The Morgan fingerprint density at radius 2 is 2.09 bits per heavy atom. The van der Waals surface area contributed by atoms with Crippen molar-refractivity contribution in [3.8, 4) is 11.5 Å². The molecule has 1 aromatic heterocycles. The van der Waals surface area contributed by atoms with Gasteiger partial charge in [-0.15, -0.1) is 17.9 Å². The second-order valence-corrected chi connectivity index (χ2v) is 9.66. The topological polar surface area (TPSA) is 62.2 Å². The fraction of sp³-hybridized carbons (Fsp3) is 0.480. The Balaban J connectivity index is 1.80. The van der Waals surface area contributed by atoms with E-state index in [1.165, 1.54) is 4.88 Å². The molecule has 0 saturated carbocycles. The summed E-state index contributed by atoms with van der Waals surface area (Å²) in [6.07, 6.45) is 2.61. The molecular weight excluding hydrogens is 424 g/mol. The lowest BCUT2D eigenvalue weighted by Crippen LogP contribution is -2.53. The van der Waals surface area contributed by atoms with Gasteiger partial charge < -0.3 is 19.5 Å². The number of hydrogen-bond acceptors (Lipinski definition) is 6. The summed E-state index contributed by atoms with van der Waals surface area (Å²) in [5.74, 6) is 1.35. The summed E-state index contributed by atoms with van der Waals surface area (Å²) in [5.41, 5.74) is 0.216. The smallest absolute Gasteiger partial charge is 0.237 e. The van der Waals surface area contributed by atoms with Crippen LogP contribution >= 0.6 is 11.3 Å². The Bertz CT molecular complexity index is 921. The van der Waals surface area contributed by atoms with Crippen LogP contribution in [0.2, 0.25) is 0 Å². The Morgan fingerprint density at radius 1 is 1.38 bits per heavy atom. The van der Waals surface area contributed by atoms with Crippen LogP contribution in [0.5, 0.6) is 11.5 Å². The van der Waals surface area contributed by atoms with E-state index in [9.17, 15) is 9.90 Å². The molecule has 0 spiro atoms. The predicted molar refractivity (Wildman–Crippen MR) is 128 cm³/mol. The third kappa shape index (κ3) is 5.52. The molecule has 0 unspecified atom stereocenters. The number of aliphatic hydroxyl groups is 1. The minimum absolute atomic E-state index is 0.0217. The van der Waals surface area contributed by atoms with Crippen molar-refractivity contribution in [2.24, 2.45) is 0 Å². The molecule has 0 fully saturated rings. The molecule has 7 heteroatoms. The third-order valence-electron chi connectivity index (χ3n) is 6.15. The zero-order valence-electron chi connectivity index (χ0n) is 19.4. The molecule has 174 valence electrons. The number of nitrogens with zero attached hydrogens (tertiary/aromatic N) is 2. The van der Waals surface area contributed by atoms with Gasteiger partial charge in [-0.1, -0.05) is 18.2 Å². The number of para-hydroxylation sites is 2. The van der Waals surface area contributed by atoms with Gasteiger partial charge in [-0.05, 0) is 56.3 Å². The van der Waals surface area contributed by atoms with Crippen LogP contribution < -0.4 is 9.47 Å². The fourth-order valence-electron chi connectivity index (χ4n) is 4.02. The summed E-state index contributed by atoms with van der Waals surface area (Å²) in [4.78, 5) is 18.7. The van der Waals surface area contributed by atoms with Gasteiger partial charge in [0, 0.05) is 24.0 Å². The number of benzene rings is 1. The van der Waals surface area contributed by atoms with E-state index in [2.05, 4.69) is 18.0 Å². The highest BCUT2D eigenvalue weighted by Gasteiger charge is 2.35. The summed E-state index contributed by atoms with van der Waals surface area (Å²) < 4.78 is 11.6. The van der Waals surface area contributed by atoms with Gasteiger partial charge in [0.1, 0.15) is 6.61 Å². The van der Waals surface area contributed by atoms with Crippen LogP contribution in [-0.2, 0) is 11.2 Å². The van der Waals surface area contributed by atoms with Crippen LogP contribution in [0.1, 0.15) is 37.3 Å². The number of carbonyl (C=O) groups is 1. The first-order valence-corrected chi connectivity index (χ1v) is 11.8. The van der Waals surface area contributed by atoms with Crippen molar-refractivity contribution in [2.45, 2.75) is 44.9 Å². The SMILES string of the molecule is C=CCN(CC(=O)N1CCc2sccc2[C@@H]1COc1ccccc1OC)[C@H](C)C(C)(C)O. The van der Waals surface area contributed by atoms with Crippen molar-refractivity contribution in [2.75, 3.05) is 33.4 Å². The number of fused-ring (bicyclic) bond motifs is 1. The van der Waals surface area contributed by atoms with Crippen molar-refractivity contribution in [1.82, 2.24) is 9.80 Å². The van der Waals surface area contributed by atoms with Gasteiger partial charge in [0.2, 0.25) is 5.91 Å². The summed E-state index contributed by atoms with van der Waals surface area (Å²) in [5, 5.41) is 12.6. The number of thiophene rings is 1. The van der Waals surface area contributed by atoms with Gasteiger partial charge in [-0.2, -0.15) is 0 Å². The monoisotopic (exact) mass is 458 g/mol. The molecule has 1 amide bonds. The highest BCUT2D eigenvalue weighted by Crippen LogP contribution is 2.35. The standard InChI is InChI=1S/C25H34N2O4S/c1-6-13-26(18(2)25(3,4)29)16-24(28)27-14-11-23-19(12-15-32-23)20(27)17-31-22-10-8-7-9-21(22)30-5/h6-10,12,15,18,20,29H,1,11,13-14,16-17H2,2-5H3/t18-,20+/m1/s1. The molecule has 1 N–H and O–H groups in total. The highest BCUT2D eigenvalue weighted by molar-refractivity contribution is 7.10. The largest absolute Gasteiger partial charge is 0.493 e. The first-order valence-electron chi connectivity index (χ1n) is 10.9. The van der Waals surface area contributed by atoms with Gasteiger partial charge in [-0.3, -0.25) is 9.69 Å². The summed E-state index contributed by atoms with van der Waals surface area (Å²) in [6.45, 7) is 11.0. The molecule has 1 aromatic carbocycles. The average molecular weight is 459 g/mol.